The first-order valence-corrected chi connectivity index (χ1v) is 12.8. The van der Waals surface area contributed by atoms with Crippen LogP contribution in [0.3, 0.4) is 0 Å². The van der Waals surface area contributed by atoms with Crippen LogP contribution < -0.4 is 0 Å². The SMILES string of the molecule is CCOC(=O)C1(CSCCS(=O)(=O)O)OC(=O)C(=O)C1SCCS(=O)(=O)O. The summed E-state index contributed by atoms with van der Waals surface area (Å²) in [5, 5.41) is -1.43. The van der Waals surface area contributed by atoms with Gasteiger partial charge in [-0.2, -0.15) is 28.6 Å². The summed E-state index contributed by atoms with van der Waals surface area (Å²) in [6.07, 6.45) is 0. The second kappa shape index (κ2) is 9.56. The van der Waals surface area contributed by atoms with Crippen molar-refractivity contribution in [3.8, 4) is 0 Å². The van der Waals surface area contributed by atoms with E-state index in [1.807, 2.05) is 0 Å². The van der Waals surface area contributed by atoms with Crippen LogP contribution in [-0.4, -0.2) is 89.9 Å². The van der Waals surface area contributed by atoms with E-state index in [0.717, 1.165) is 11.8 Å². The zero-order chi connectivity index (χ0) is 20.9. The Labute approximate surface area is 164 Å². The van der Waals surface area contributed by atoms with Gasteiger partial charge in [-0.15, -0.1) is 11.8 Å². The fourth-order valence-corrected chi connectivity index (χ4v) is 6.44. The summed E-state index contributed by atoms with van der Waals surface area (Å²) in [4.78, 5) is 36.3. The number of cyclic esters (lactones) is 1. The third-order valence-electron chi connectivity index (χ3n) is 3.19. The second-order valence-electron chi connectivity index (χ2n) is 5.24. The molecule has 11 nitrogen and oxygen atoms in total. The molecule has 2 unspecified atom stereocenters. The van der Waals surface area contributed by atoms with Crippen LogP contribution in [0.15, 0.2) is 0 Å². The summed E-state index contributed by atoms with van der Waals surface area (Å²) < 4.78 is 70.6. The molecule has 0 aromatic heterocycles. The molecule has 2 N–H and O–H groups in total. The van der Waals surface area contributed by atoms with Crippen molar-refractivity contribution in [1.82, 2.24) is 0 Å². The lowest BCUT2D eigenvalue weighted by molar-refractivity contribution is -0.171. The summed E-state index contributed by atoms with van der Waals surface area (Å²) in [5.74, 6) is -5.56. The van der Waals surface area contributed by atoms with E-state index in [0.29, 0.717) is 11.8 Å². The van der Waals surface area contributed by atoms with Gasteiger partial charge in [0.25, 0.3) is 26.0 Å². The number of hydrogen-bond donors (Lipinski definition) is 2. The Bertz CT molecular complexity index is 788. The molecule has 0 amide bonds. The molecule has 1 aliphatic rings. The number of rotatable bonds is 11. The van der Waals surface area contributed by atoms with E-state index in [4.69, 9.17) is 18.6 Å². The van der Waals surface area contributed by atoms with Crippen molar-refractivity contribution in [2.75, 3.05) is 35.4 Å². The van der Waals surface area contributed by atoms with Crippen molar-refractivity contribution in [3.63, 3.8) is 0 Å². The molecular formula is C12H18O11S4. The minimum absolute atomic E-state index is 0.0928. The molecule has 0 aliphatic carbocycles. The molecule has 1 saturated heterocycles. The van der Waals surface area contributed by atoms with E-state index in [-0.39, 0.29) is 23.9 Å². The van der Waals surface area contributed by atoms with Crippen molar-refractivity contribution < 1.29 is 49.8 Å². The van der Waals surface area contributed by atoms with E-state index in [2.05, 4.69) is 0 Å². The Morgan fingerprint density at radius 1 is 1.15 bits per heavy atom. The van der Waals surface area contributed by atoms with Crippen LogP contribution in [0.4, 0.5) is 0 Å². The lowest BCUT2D eigenvalue weighted by Crippen LogP contribution is -2.51. The molecule has 0 aromatic carbocycles. The van der Waals surface area contributed by atoms with Crippen LogP contribution in [0.25, 0.3) is 0 Å². The fourth-order valence-electron chi connectivity index (χ4n) is 2.02. The predicted octanol–water partition coefficient (Wildman–Crippen LogP) is -0.975. The van der Waals surface area contributed by atoms with Gasteiger partial charge < -0.3 is 9.47 Å². The molecule has 1 rings (SSSR count). The molecule has 0 spiro atoms. The first-order chi connectivity index (χ1) is 12.3. The molecule has 27 heavy (non-hydrogen) atoms. The van der Waals surface area contributed by atoms with Crippen LogP contribution in [0, 0.1) is 0 Å². The van der Waals surface area contributed by atoms with Gasteiger partial charge in [-0.25, -0.2) is 9.59 Å². The number of Topliss-reactive ketones (excluding diaryl/α,β-unsaturated/α-hetero) is 1. The molecule has 1 aliphatic heterocycles. The summed E-state index contributed by atoms with van der Waals surface area (Å²) in [7, 11) is -8.57. The molecule has 1 fully saturated rings. The second-order valence-corrected chi connectivity index (χ2v) is 10.7. The normalized spacial score (nSPS) is 23.3. The van der Waals surface area contributed by atoms with Gasteiger partial charge in [-0.05, 0) is 6.92 Å². The highest BCUT2D eigenvalue weighted by molar-refractivity contribution is 8.02. The number of ketones is 1. The van der Waals surface area contributed by atoms with Gasteiger partial charge in [-0.1, -0.05) is 0 Å². The van der Waals surface area contributed by atoms with Crippen molar-refractivity contribution in [2.45, 2.75) is 17.8 Å². The average Bonchev–Trinajstić information content (AvgIpc) is 2.75. The number of carbonyl (C=O) groups is 3. The maximum Gasteiger partial charge on any atom is 0.377 e. The Kier molecular flexibility index (Phi) is 8.55. The molecule has 1 heterocycles. The van der Waals surface area contributed by atoms with Gasteiger partial charge in [0.2, 0.25) is 5.60 Å². The highest BCUT2D eigenvalue weighted by Crippen LogP contribution is 2.38. The van der Waals surface area contributed by atoms with Gasteiger partial charge >= 0.3 is 11.9 Å². The molecular weight excluding hydrogens is 448 g/mol. The number of carbonyl (C=O) groups excluding carboxylic acids is 3. The number of thioether (sulfide) groups is 2. The molecule has 2 atom stereocenters. The Morgan fingerprint density at radius 3 is 2.22 bits per heavy atom. The maximum absolute atomic E-state index is 12.4. The lowest BCUT2D eigenvalue weighted by Gasteiger charge is -2.29. The van der Waals surface area contributed by atoms with Crippen molar-refractivity contribution in [2.24, 2.45) is 0 Å². The minimum Gasteiger partial charge on any atom is -0.463 e. The molecule has 15 heteroatoms. The standard InChI is InChI=1S/C12H18O11S4/c1-2-22-11(15)12(7-24-3-5-26(16,17)18)9(8(13)10(14)23-12)25-4-6-27(19,20)21/h9H,2-7H2,1H3,(H,16,17,18)(H,19,20,21). The summed E-state index contributed by atoms with van der Waals surface area (Å²) in [5.41, 5.74) is -2.07. The molecule has 0 aromatic rings. The number of esters is 2. The van der Waals surface area contributed by atoms with Crippen LogP contribution in [-0.2, 0) is 44.1 Å². The summed E-state index contributed by atoms with van der Waals surface area (Å²) in [6.45, 7) is 1.39. The average molecular weight is 467 g/mol. The van der Waals surface area contributed by atoms with E-state index >= 15 is 0 Å². The first kappa shape index (κ1) is 24.2. The molecule has 156 valence electrons. The van der Waals surface area contributed by atoms with E-state index in [1.165, 1.54) is 6.92 Å². The largest absolute Gasteiger partial charge is 0.463 e. The highest BCUT2D eigenvalue weighted by atomic mass is 32.2. The molecule has 0 bridgehead atoms. The van der Waals surface area contributed by atoms with Crippen LogP contribution in [0.1, 0.15) is 6.92 Å². The fraction of sp³-hybridized carbons (Fsp3) is 0.750. The van der Waals surface area contributed by atoms with Crippen molar-refractivity contribution in [3.05, 3.63) is 0 Å². The summed E-state index contributed by atoms with van der Waals surface area (Å²) in [6, 6.07) is 0. The lowest BCUT2D eigenvalue weighted by atomic mass is 10.0. The zero-order valence-electron chi connectivity index (χ0n) is 14.0. The Balaban J connectivity index is 3.02. The number of hydrogen-bond acceptors (Lipinski definition) is 11. The van der Waals surface area contributed by atoms with Crippen LogP contribution in [0.5, 0.6) is 0 Å². The topological polar surface area (TPSA) is 178 Å². The van der Waals surface area contributed by atoms with Crippen molar-refractivity contribution >= 4 is 61.5 Å². The Hall–Kier alpha value is -0.870. The van der Waals surface area contributed by atoms with Gasteiger partial charge in [0.15, 0.2) is 0 Å². The smallest absolute Gasteiger partial charge is 0.377 e. The highest BCUT2D eigenvalue weighted by Gasteiger charge is 2.61. The maximum atomic E-state index is 12.4. The van der Waals surface area contributed by atoms with Crippen molar-refractivity contribution in [1.29, 1.82) is 0 Å². The zero-order valence-corrected chi connectivity index (χ0v) is 17.3. The van der Waals surface area contributed by atoms with E-state index in [1.54, 1.807) is 0 Å². The minimum atomic E-state index is -4.33. The van der Waals surface area contributed by atoms with E-state index < -0.39 is 60.3 Å². The van der Waals surface area contributed by atoms with Crippen LogP contribution >= 0.6 is 23.5 Å². The third kappa shape index (κ3) is 7.23. The first-order valence-electron chi connectivity index (χ1n) is 7.36. The van der Waals surface area contributed by atoms with Gasteiger partial charge in [-0.3, -0.25) is 13.9 Å². The Morgan fingerprint density at radius 2 is 1.70 bits per heavy atom. The summed E-state index contributed by atoms with van der Waals surface area (Å²) >= 11 is 1.46. The quantitative estimate of drug-likeness (QED) is 0.164. The van der Waals surface area contributed by atoms with Gasteiger partial charge in [0.1, 0.15) is 5.25 Å². The predicted molar refractivity (Wildman–Crippen MR) is 96.9 cm³/mol. The number of ether oxygens (including phenoxy) is 2. The monoisotopic (exact) mass is 466 g/mol. The van der Waals surface area contributed by atoms with E-state index in [9.17, 15) is 31.2 Å². The molecule has 0 saturated carbocycles. The van der Waals surface area contributed by atoms with Gasteiger partial charge in [0.05, 0.1) is 18.1 Å². The van der Waals surface area contributed by atoms with Crippen LogP contribution in [0.2, 0.25) is 0 Å². The third-order valence-corrected chi connectivity index (χ3v) is 7.64. The molecule has 0 radical (unpaired) electrons. The van der Waals surface area contributed by atoms with Gasteiger partial charge in [0, 0.05) is 17.3 Å².